The van der Waals surface area contributed by atoms with Gasteiger partial charge >= 0.3 is 0 Å². The number of hydrogen-bond donors (Lipinski definition) is 2. The van der Waals surface area contributed by atoms with Crippen molar-refractivity contribution in [1.29, 1.82) is 0 Å². The summed E-state index contributed by atoms with van der Waals surface area (Å²) >= 11 is 12.0. The van der Waals surface area contributed by atoms with Crippen LogP contribution < -0.4 is 5.32 Å². The highest BCUT2D eigenvalue weighted by Gasteiger charge is 2.14. The molecule has 0 amide bonds. The predicted octanol–water partition coefficient (Wildman–Crippen LogP) is 4.24. The summed E-state index contributed by atoms with van der Waals surface area (Å²) in [6.07, 6.45) is 0. The van der Waals surface area contributed by atoms with Gasteiger partial charge in [-0.15, -0.1) is 0 Å². The van der Waals surface area contributed by atoms with Crippen LogP contribution in [0.25, 0.3) is 0 Å². The first-order valence-electron chi connectivity index (χ1n) is 6.11. The maximum atomic E-state index is 11.8. The van der Waals surface area contributed by atoms with Crippen LogP contribution in [0.5, 0.6) is 5.75 Å². The van der Waals surface area contributed by atoms with Gasteiger partial charge in [-0.05, 0) is 36.4 Å². The van der Waals surface area contributed by atoms with Crippen LogP contribution in [0.2, 0.25) is 10.0 Å². The lowest BCUT2D eigenvalue weighted by atomic mass is 10.2. The zero-order valence-corrected chi connectivity index (χ0v) is 13.4. The Balaban J connectivity index is 2.36. The highest BCUT2D eigenvalue weighted by atomic mass is 35.5. The zero-order valence-electron chi connectivity index (χ0n) is 11.1. The van der Waals surface area contributed by atoms with E-state index in [1.807, 2.05) is 0 Å². The third-order valence-electron chi connectivity index (χ3n) is 2.91. The molecule has 0 saturated carbocycles. The minimum atomic E-state index is -3.31. The number of halogens is 2. The van der Waals surface area contributed by atoms with Gasteiger partial charge in [-0.1, -0.05) is 30.1 Å². The monoisotopic (exact) mass is 345 g/mol. The SMILES string of the molecule is CCS(=O)(=O)c1ccc(Nc2cc(Cl)ccc2O)c(Cl)c1. The van der Waals surface area contributed by atoms with E-state index in [1.165, 1.54) is 18.2 Å². The molecular formula is C14H13Cl2NO3S. The van der Waals surface area contributed by atoms with Gasteiger partial charge in [0, 0.05) is 5.02 Å². The van der Waals surface area contributed by atoms with Gasteiger partial charge < -0.3 is 10.4 Å². The highest BCUT2D eigenvalue weighted by Crippen LogP contribution is 2.33. The molecule has 0 aliphatic rings. The predicted molar refractivity (Wildman–Crippen MR) is 85.6 cm³/mol. The second kappa shape index (κ2) is 6.13. The largest absolute Gasteiger partial charge is 0.506 e. The van der Waals surface area contributed by atoms with Crippen molar-refractivity contribution in [2.24, 2.45) is 0 Å². The second-order valence-electron chi connectivity index (χ2n) is 4.33. The van der Waals surface area contributed by atoms with Crippen molar-refractivity contribution in [2.75, 3.05) is 11.1 Å². The summed E-state index contributed by atoms with van der Waals surface area (Å²) < 4.78 is 23.6. The van der Waals surface area contributed by atoms with Gasteiger partial charge in [0.1, 0.15) is 5.75 Å². The first-order chi connectivity index (χ1) is 9.83. The number of sulfone groups is 1. The quantitative estimate of drug-likeness (QED) is 0.813. The van der Waals surface area contributed by atoms with Gasteiger partial charge in [0.15, 0.2) is 9.84 Å². The molecule has 21 heavy (non-hydrogen) atoms. The Bertz CT molecular complexity index is 776. The molecule has 2 aromatic rings. The van der Waals surface area contributed by atoms with Gasteiger partial charge in [-0.2, -0.15) is 0 Å². The zero-order chi connectivity index (χ0) is 15.6. The van der Waals surface area contributed by atoms with E-state index in [2.05, 4.69) is 5.32 Å². The molecule has 2 N–H and O–H groups in total. The standard InChI is InChI=1S/C14H13Cl2NO3S/c1-2-21(19,20)10-4-5-12(11(16)8-10)17-13-7-9(15)3-6-14(13)18/h3-8,17-18H,2H2,1H3. The van der Waals surface area contributed by atoms with Crippen molar-refractivity contribution < 1.29 is 13.5 Å². The fraction of sp³-hybridized carbons (Fsp3) is 0.143. The lowest BCUT2D eigenvalue weighted by Crippen LogP contribution is -2.04. The molecule has 0 fully saturated rings. The molecule has 4 nitrogen and oxygen atoms in total. The Morgan fingerprint density at radius 1 is 1.10 bits per heavy atom. The van der Waals surface area contributed by atoms with E-state index in [4.69, 9.17) is 23.2 Å². The minimum absolute atomic E-state index is 0.00514. The average molecular weight is 346 g/mol. The molecule has 0 spiro atoms. The van der Waals surface area contributed by atoms with Crippen molar-refractivity contribution in [3.8, 4) is 5.75 Å². The topological polar surface area (TPSA) is 66.4 Å². The third kappa shape index (κ3) is 3.61. The molecule has 0 aromatic heterocycles. The number of phenolic OH excluding ortho intramolecular Hbond substituents is 1. The third-order valence-corrected chi connectivity index (χ3v) is 5.19. The Hall–Kier alpha value is -1.43. The van der Waals surface area contributed by atoms with E-state index in [0.717, 1.165) is 0 Å². The molecule has 2 aromatic carbocycles. The van der Waals surface area contributed by atoms with E-state index < -0.39 is 9.84 Å². The summed E-state index contributed by atoms with van der Waals surface area (Å²) in [4.78, 5) is 0.163. The van der Waals surface area contributed by atoms with Crippen LogP contribution >= 0.6 is 23.2 Å². The fourth-order valence-electron chi connectivity index (χ4n) is 1.71. The van der Waals surface area contributed by atoms with Gasteiger partial charge in [0.05, 0.1) is 27.0 Å². The molecule has 7 heteroatoms. The molecule has 112 valence electrons. The molecule has 2 rings (SSSR count). The molecular weight excluding hydrogens is 333 g/mol. The Labute approximate surface area is 133 Å². The number of rotatable bonds is 4. The van der Waals surface area contributed by atoms with E-state index in [0.29, 0.717) is 16.4 Å². The van der Waals surface area contributed by atoms with Crippen molar-refractivity contribution in [2.45, 2.75) is 11.8 Å². The fourth-order valence-corrected chi connectivity index (χ4v) is 3.08. The van der Waals surface area contributed by atoms with E-state index >= 15 is 0 Å². The Morgan fingerprint density at radius 3 is 2.43 bits per heavy atom. The number of phenols is 1. The molecule has 0 bridgehead atoms. The maximum Gasteiger partial charge on any atom is 0.178 e. The maximum absolute atomic E-state index is 11.8. The minimum Gasteiger partial charge on any atom is -0.506 e. The van der Waals surface area contributed by atoms with Crippen molar-refractivity contribution in [3.63, 3.8) is 0 Å². The molecule has 0 unspecified atom stereocenters. The lowest BCUT2D eigenvalue weighted by molar-refractivity contribution is 0.478. The smallest absolute Gasteiger partial charge is 0.178 e. The number of nitrogens with one attached hydrogen (secondary N) is 1. The van der Waals surface area contributed by atoms with Crippen molar-refractivity contribution in [1.82, 2.24) is 0 Å². The Kier molecular flexibility index (Phi) is 4.66. The van der Waals surface area contributed by atoms with Crippen LogP contribution in [0.3, 0.4) is 0 Å². The number of benzene rings is 2. The average Bonchev–Trinajstić information content (AvgIpc) is 2.44. The number of hydrogen-bond acceptors (Lipinski definition) is 4. The van der Waals surface area contributed by atoms with Crippen LogP contribution in [-0.2, 0) is 9.84 Å². The van der Waals surface area contributed by atoms with Crippen LogP contribution in [0.1, 0.15) is 6.92 Å². The van der Waals surface area contributed by atoms with Gasteiger partial charge in [0.2, 0.25) is 0 Å². The normalized spacial score (nSPS) is 11.4. The van der Waals surface area contributed by atoms with Crippen molar-refractivity contribution >= 4 is 44.4 Å². The molecule has 0 aliphatic carbocycles. The summed E-state index contributed by atoms with van der Waals surface area (Å²) in [7, 11) is -3.31. The highest BCUT2D eigenvalue weighted by molar-refractivity contribution is 7.91. The molecule has 0 heterocycles. The van der Waals surface area contributed by atoms with Crippen LogP contribution in [0.15, 0.2) is 41.3 Å². The molecule has 0 saturated heterocycles. The van der Waals surface area contributed by atoms with Crippen LogP contribution in [0.4, 0.5) is 11.4 Å². The van der Waals surface area contributed by atoms with Crippen LogP contribution in [0, 0.1) is 0 Å². The summed E-state index contributed by atoms with van der Waals surface area (Å²) in [5.41, 5.74) is 0.861. The summed E-state index contributed by atoms with van der Waals surface area (Å²) in [5, 5.41) is 13.4. The number of anilines is 2. The van der Waals surface area contributed by atoms with E-state index in [9.17, 15) is 13.5 Å². The first-order valence-corrected chi connectivity index (χ1v) is 8.52. The van der Waals surface area contributed by atoms with Crippen LogP contribution in [-0.4, -0.2) is 19.3 Å². The Morgan fingerprint density at radius 2 is 1.81 bits per heavy atom. The van der Waals surface area contributed by atoms with Crippen molar-refractivity contribution in [3.05, 3.63) is 46.4 Å². The van der Waals surface area contributed by atoms with Gasteiger partial charge in [0.25, 0.3) is 0 Å². The van der Waals surface area contributed by atoms with Gasteiger partial charge in [-0.3, -0.25) is 0 Å². The molecule has 0 radical (unpaired) electrons. The summed E-state index contributed by atoms with van der Waals surface area (Å²) in [6.45, 7) is 1.57. The summed E-state index contributed by atoms with van der Waals surface area (Å²) in [5.74, 6) is 0.0197. The summed E-state index contributed by atoms with van der Waals surface area (Å²) in [6, 6.07) is 8.95. The molecule has 0 atom stereocenters. The van der Waals surface area contributed by atoms with E-state index in [1.54, 1.807) is 25.1 Å². The first kappa shape index (κ1) is 15.9. The van der Waals surface area contributed by atoms with E-state index in [-0.39, 0.29) is 21.4 Å². The molecule has 0 aliphatic heterocycles. The second-order valence-corrected chi connectivity index (χ2v) is 7.45. The van der Waals surface area contributed by atoms with Gasteiger partial charge in [-0.25, -0.2) is 8.42 Å². The number of aromatic hydroxyl groups is 1. The lowest BCUT2D eigenvalue weighted by Gasteiger charge is -2.11.